The van der Waals surface area contributed by atoms with E-state index in [1.54, 1.807) is 0 Å². The van der Waals surface area contributed by atoms with Crippen molar-refractivity contribution in [2.75, 3.05) is 0 Å². The van der Waals surface area contributed by atoms with Gasteiger partial charge < -0.3 is 0 Å². The molecule has 0 nitrogen and oxygen atoms in total. The molecule has 2 heteroatoms. The molecule has 0 heterocycles. The highest BCUT2D eigenvalue weighted by Crippen LogP contribution is 2.00. The molecule has 54 valence electrons. The zero-order valence-corrected chi connectivity index (χ0v) is 9.06. The molecule has 0 bridgehead atoms. The summed E-state index contributed by atoms with van der Waals surface area (Å²) in [7, 11) is 2.66. The molecule has 10 heavy (non-hydrogen) atoms. The van der Waals surface area contributed by atoms with Gasteiger partial charge in [-0.2, -0.15) is 0 Å². The Morgan fingerprint density at radius 3 is 2.30 bits per heavy atom. The second-order valence-corrected chi connectivity index (χ2v) is 2.46. The first-order valence-corrected chi connectivity index (χ1v) is 3.39. The third-order valence-electron chi connectivity index (χ3n) is 1.22. The second-order valence-electron chi connectivity index (χ2n) is 1.83. The first kappa shape index (κ1) is 10.1. The molecule has 1 unspecified atom stereocenters. The van der Waals surface area contributed by atoms with Crippen molar-refractivity contribution in [2.45, 2.75) is 0 Å². The van der Waals surface area contributed by atoms with E-state index in [0.717, 1.165) is 0 Å². The maximum atomic E-state index is 3.68. The molecule has 1 aromatic rings. The monoisotopic (exact) mass is 264 g/mol. The van der Waals surface area contributed by atoms with Gasteiger partial charge in [-0.1, -0.05) is 36.9 Å². The molecule has 1 rings (SSSR count). The number of rotatable bonds is 1. The normalized spacial score (nSPS) is 8.10. The summed E-state index contributed by atoms with van der Waals surface area (Å²) in [4.78, 5) is 0. The van der Waals surface area contributed by atoms with Crippen molar-refractivity contribution in [1.29, 1.82) is 0 Å². The van der Waals surface area contributed by atoms with Crippen LogP contribution < -0.4 is 5.30 Å². The van der Waals surface area contributed by atoms with E-state index in [2.05, 4.69) is 15.8 Å². The van der Waals surface area contributed by atoms with E-state index in [1.807, 2.05) is 30.3 Å². The smallest absolute Gasteiger partial charge is 0.0191 e. The van der Waals surface area contributed by atoms with Crippen molar-refractivity contribution >= 4 is 44.6 Å². The number of hydrogen-bond donors (Lipinski definition) is 0. The van der Waals surface area contributed by atoms with E-state index in [1.165, 1.54) is 10.9 Å². The van der Waals surface area contributed by atoms with Gasteiger partial charge in [0.05, 0.1) is 0 Å². The van der Waals surface area contributed by atoms with E-state index in [-0.39, 0.29) is 24.0 Å². The van der Waals surface area contributed by atoms with Gasteiger partial charge in [-0.15, -0.1) is 33.2 Å². The zero-order valence-electron chi connectivity index (χ0n) is 5.58. The Hall–Kier alpha value is 0.120. The molecule has 0 aromatic heterocycles. The van der Waals surface area contributed by atoms with E-state index in [4.69, 9.17) is 0 Å². The second kappa shape index (κ2) is 4.86. The Kier molecular flexibility index (Phi) is 4.92. The minimum Gasteiger partial charge on any atom is -0.107 e. The lowest BCUT2D eigenvalue weighted by Gasteiger charge is -1.94. The summed E-state index contributed by atoms with van der Waals surface area (Å²) < 4.78 is 0. The molecule has 1 atom stereocenters. The molecular weight excluding hydrogens is 254 g/mol. The Morgan fingerprint density at radius 1 is 1.30 bits per heavy atom. The van der Waals surface area contributed by atoms with Crippen molar-refractivity contribution in [2.24, 2.45) is 0 Å². The average molecular weight is 264 g/mol. The maximum Gasteiger partial charge on any atom is -0.0191 e. The Balaban J connectivity index is 0.000000810. The number of halogens is 1. The third-order valence-corrected chi connectivity index (χ3v) is 1.74. The molecule has 0 saturated carbocycles. The molecular formula is C8H10IP. The van der Waals surface area contributed by atoms with Gasteiger partial charge in [-0.05, 0) is 10.9 Å². The fraction of sp³-hybridized carbons (Fsp3) is 0. The number of hydrogen-bond acceptors (Lipinski definition) is 0. The van der Waals surface area contributed by atoms with Gasteiger partial charge in [0, 0.05) is 0 Å². The minimum absolute atomic E-state index is 0. The fourth-order valence-corrected chi connectivity index (χ4v) is 1.02. The van der Waals surface area contributed by atoms with Gasteiger partial charge >= 0.3 is 0 Å². The number of benzene rings is 1. The first-order chi connectivity index (χ1) is 4.34. The molecule has 1 aromatic carbocycles. The van der Waals surface area contributed by atoms with Gasteiger partial charge in [0.15, 0.2) is 0 Å². The SMILES string of the molecule is C=Cc1ccccc1P.I. The highest BCUT2D eigenvalue weighted by atomic mass is 127. The summed E-state index contributed by atoms with van der Waals surface area (Å²) >= 11 is 0. The van der Waals surface area contributed by atoms with Crippen molar-refractivity contribution in [3.05, 3.63) is 36.4 Å². The molecule has 0 fully saturated rings. The van der Waals surface area contributed by atoms with Crippen molar-refractivity contribution < 1.29 is 0 Å². The third kappa shape index (κ3) is 2.39. The molecule has 0 spiro atoms. The Bertz CT molecular complexity index is 220. The van der Waals surface area contributed by atoms with Crippen molar-refractivity contribution in [3.8, 4) is 0 Å². The van der Waals surface area contributed by atoms with Crippen LogP contribution in [0.4, 0.5) is 0 Å². The topological polar surface area (TPSA) is 0 Å². The zero-order chi connectivity index (χ0) is 6.69. The van der Waals surface area contributed by atoms with Crippen LogP contribution in [0.25, 0.3) is 6.08 Å². The molecule has 0 amide bonds. The highest BCUT2D eigenvalue weighted by Gasteiger charge is 1.86. The molecule has 0 aliphatic rings. The molecule has 0 N–H and O–H groups in total. The van der Waals surface area contributed by atoms with E-state index in [9.17, 15) is 0 Å². The summed E-state index contributed by atoms with van der Waals surface area (Å²) in [5.74, 6) is 0. The molecule has 0 radical (unpaired) electrons. The first-order valence-electron chi connectivity index (χ1n) is 2.81. The van der Waals surface area contributed by atoms with Crippen LogP contribution in [0.2, 0.25) is 0 Å². The minimum atomic E-state index is 0. The van der Waals surface area contributed by atoms with Crippen LogP contribution in [0.1, 0.15) is 5.56 Å². The maximum absolute atomic E-state index is 3.68. The van der Waals surface area contributed by atoms with Crippen LogP contribution >= 0.6 is 33.2 Å². The van der Waals surface area contributed by atoms with Crippen molar-refractivity contribution in [1.82, 2.24) is 0 Å². The predicted octanol–water partition coefficient (Wildman–Crippen LogP) is 2.45. The lowest BCUT2D eigenvalue weighted by Crippen LogP contribution is -1.92. The summed E-state index contributed by atoms with van der Waals surface area (Å²) in [6, 6.07) is 8.09. The van der Waals surface area contributed by atoms with E-state index < -0.39 is 0 Å². The summed E-state index contributed by atoms with van der Waals surface area (Å²) in [5.41, 5.74) is 1.18. The van der Waals surface area contributed by atoms with Crippen LogP contribution in [0.5, 0.6) is 0 Å². The summed E-state index contributed by atoms with van der Waals surface area (Å²) in [6.07, 6.45) is 1.85. The van der Waals surface area contributed by atoms with Gasteiger partial charge in [-0.3, -0.25) is 0 Å². The van der Waals surface area contributed by atoms with Gasteiger partial charge in [0.1, 0.15) is 0 Å². The lowest BCUT2D eigenvalue weighted by atomic mass is 10.2. The average Bonchev–Trinajstić information content (AvgIpc) is 1.89. The molecule has 0 aliphatic heterocycles. The van der Waals surface area contributed by atoms with Gasteiger partial charge in [0.2, 0.25) is 0 Å². The Morgan fingerprint density at radius 2 is 1.90 bits per heavy atom. The molecule has 0 saturated heterocycles. The van der Waals surface area contributed by atoms with E-state index in [0.29, 0.717) is 0 Å². The van der Waals surface area contributed by atoms with Crippen LogP contribution in [-0.2, 0) is 0 Å². The fourth-order valence-electron chi connectivity index (χ4n) is 0.697. The van der Waals surface area contributed by atoms with Crippen LogP contribution in [0, 0.1) is 0 Å². The quantitative estimate of drug-likeness (QED) is 0.540. The lowest BCUT2D eigenvalue weighted by molar-refractivity contribution is 1.73. The highest BCUT2D eigenvalue weighted by molar-refractivity contribution is 14.0. The Labute approximate surface area is 80.9 Å². The van der Waals surface area contributed by atoms with Gasteiger partial charge in [-0.25, -0.2) is 0 Å². The summed E-state index contributed by atoms with van der Waals surface area (Å²) in [6.45, 7) is 3.68. The summed E-state index contributed by atoms with van der Waals surface area (Å²) in [5, 5.41) is 1.20. The predicted molar refractivity (Wildman–Crippen MR) is 61.3 cm³/mol. The van der Waals surface area contributed by atoms with Crippen LogP contribution in [-0.4, -0.2) is 0 Å². The standard InChI is InChI=1S/C8H9P.HI/c1-2-7-5-3-4-6-8(7)9;/h2-6H,1,9H2;1H. The van der Waals surface area contributed by atoms with Crippen LogP contribution in [0.3, 0.4) is 0 Å². The van der Waals surface area contributed by atoms with Crippen LogP contribution in [0.15, 0.2) is 30.8 Å². The van der Waals surface area contributed by atoms with E-state index >= 15 is 0 Å². The van der Waals surface area contributed by atoms with Gasteiger partial charge in [0.25, 0.3) is 0 Å². The largest absolute Gasteiger partial charge is 0.107 e. The molecule has 0 aliphatic carbocycles. The van der Waals surface area contributed by atoms with Crippen molar-refractivity contribution in [3.63, 3.8) is 0 Å².